The lowest BCUT2D eigenvalue weighted by Crippen LogP contribution is -2.38. The molecule has 1 unspecified atom stereocenters. The van der Waals surface area contributed by atoms with Crippen LogP contribution in [0.3, 0.4) is 0 Å². The molecule has 1 rings (SSSR count). The minimum absolute atomic E-state index is 0.0391. The maximum Gasteiger partial charge on any atom is 0.258 e. The second-order valence-corrected chi connectivity index (χ2v) is 4.36. The quantitative estimate of drug-likeness (QED) is 0.822. The van der Waals surface area contributed by atoms with Crippen molar-refractivity contribution in [3.63, 3.8) is 0 Å². The Labute approximate surface area is 102 Å². The van der Waals surface area contributed by atoms with E-state index in [0.29, 0.717) is 11.7 Å². The molecule has 1 atom stereocenters. The molecule has 0 saturated heterocycles. The molecular formula is C13H19NO3. The molecule has 4 heteroatoms. The summed E-state index contributed by atoms with van der Waals surface area (Å²) in [6.45, 7) is 5.93. The van der Waals surface area contributed by atoms with E-state index in [1.54, 1.807) is 18.2 Å². The fraction of sp³-hybridized carbons (Fsp3) is 0.462. The first-order valence-corrected chi connectivity index (χ1v) is 5.71. The van der Waals surface area contributed by atoms with Crippen molar-refractivity contribution in [2.45, 2.75) is 26.8 Å². The van der Waals surface area contributed by atoms with Crippen LogP contribution in [-0.2, 0) is 4.79 Å². The van der Waals surface area contributed by atoms with Crippen molar-refractivity contribution in [3.8, 4) is 11.5 Å². The summed E-state index contributed by atoms with van der Waals surface area (Å²) in [5.41, 5.74) is 0. The third-order valence-corrected chi connectivity index (χ3v) is 2.61. The molecule has 0 aliphatic carbocycles. The SMILES string of the molecule is CC(C)C(C)NC(=O)COc1ccccc1O. The molecule has 0 aliphatic rings. The van der Waals surface area contributed by atoms with Crippen LogP contribution in [0.15, 0.2) is 24.3 Å². The number of ether oxygens (including phenoxy) is 1. The number of phenols is 1. The van der Waals surface area contributed by atoms with Crippen molar-refractivity contribution < 1.29 is 14.6 Å². The van der Waals surface area contributed by atoms with Crippen molar-refractivity contribution in [1.29, 1.82) is 0 Å². The zero-order valence-corrected chi connectivity index (χ0v) is 10.4. The molecule has 0 spiro atoms. The number of aromatic hydroxyl groups is 1. The van der Waals surface area contributed by atoms with Gasteiger partial charge in [0.05, 0.1) is 0 Å². The monoisotopic (exact) mass is 237 g/mol. The van der Waals surface area contributed by atoms with Gasteiger partial charge >= 0.3 is 0 Å². The Balaban J connectivity index is 2.41. The fourth-order valence-corrected chi connectivity index (χ4v) is 1.18. The van der Waals surface area contributed by atoms with Gasteiger partial charge in [0.1, 0.15) is 0 Å². The van der Waals surface area contributed by atoms with E-state index < -0.39 is 0 Å². The lowest BCUT2D eigenvalue weighted by Gasteiger charge is -2.17. The topological polar surface area (TPSA) is 58.6 Å². The number of carbonyl (C=O) groups is 1. The number of carbonyl (C=O) groups excluding carboxylic acids is 1. The Morgan fingerprint density at radius 1 is 1.35 bits per heavy atom. The largest absolute Gasteiger partial charge is 0.504 e. The first-order chi connectivity index (χ1) is 8.00. The van der Waals surface area contributed by atoms with Gasteiger partial charge in [-0.05, 0) is 25.0 Å². The van der Waals surface area contributed by atoms with Crippen LogP contribution in [0.1, 0.15) is 20.8 Å². The molecular weight excluding hydrogens is 218 g/mol. The van der Waals surface area contributed by atoms with E-state index in [1.807, 2.05) is 20.8 Å². The van der Waals surface area contributed by atoms with E-state index in [2.05, 4.69) is 5.32 Å². The molecule has 1 aromatic rings. The lowest BCUT2D eigenvalue weighted by atomic mass is 10.1. The molecule has 0 aromatic heterocycles. The van der Waals surface area contributed by atoms with E-state index in [9.17, 15) is 9.90 Å². The number of hydrogen-bond donors (Lipinski definition) is 2. The van der Waals surface area contributed by atoms with E-state index in [4.69, 9.17) is 4.74 Å². The van der Waals surface area contributed by atoms with Gasteiger partial charge < -0.3 is 15.2 Å². The molecule has 0 fully saturated rings. The third-order valence-electron chi connectivity index (χ3n) is 2.61. The molecule has 94 valence electrons. The van der Waals surface area contributed by atoms with Gasteiger partial charge in [-0.25, -0.2) is 0 Å². The minimum atomic E-state index is -0.186. The van der Waals surface area contributed by atoms with Crippen LogP contribution in [0.4, 0.5) is 0 Å². The Morgan fingerprint density at radius 3 is 2.59 bits per heavy atom. The Kier molecular flexibility index (Phi) is 4.82. The Morgan fingerprint density at radius 2 is 2.00 bits per heavy atom. The Hall–Kier alpha value is -1.71. The van der Waals surface area contributed by atoms with Crippen molar-refractivity contribution in [1.82, 2.24) is 5.32 Å². The molecule has 2 N–H and O–H groups in total. The summed E-state index contributed by atoms with van der Waals surface area (Å²) in [5, 5.41) is 12.3. The van der Waals surface area contributed by atoms with Crippen LogP contribution in [-0.4, -0.2) is 23.7 Å². The summed E-state index contributed by atoms with van der Waals surface area (Å²) in [7, 11) is 0. The predicted octanol–water partition coefficient (Wildman–Crippen LogP) is 1.93. The highest BCUT2D eigenvalue weighted by atomic mass is 16.5. The number of para-hydroxylation sites is 2. The van der Waals surface area contributed by atoms with E-state index in [-0.39, 0.29) is 24.3 Å². The number of nitrogens with one attached hydrogen (secondary N) is 1. The number of amides is 1. The van der Waals surface area contributed by atoms with E-state index in [1.165, 1.54) is 6.07 Å². The number of rotatable bonds is 5. The van der Waals surface area contributed by atoms with Crippen molar-refractivity contribution >= 4 is 5.91 Å². The number of phenolic OH excluding ortho intramolecular Hbond substituents is 1. The highest BCUT2D eigenvalue weighted by Crippen LogP contribution is 2.23. The predicted molar refractivity (Wildman–Crippen MR) is 66.0 cm³/mol. The van der Waals surface area contributed by atoms with E-state index >= 15 is 0 Å². The van der Waals surface area contributed by atoms with E-state index in [0.717, 1.165) is 0 Å². The maximum absolute atomic E-state index is 11.5. The maximum atomic E-state index is 11.5. The number of hydrogen-bond acceptors (Lipinski definition) is 3. The highest BCUT2D eigenvalue weighted by molar-refractivity contribution is 5.77. The summed E-state index contributed by atoms with van der Waals surface area (Å²) in [4.78, 5) is 11.5. The summed E-state index contributed by atoms with van der Waals surface area (Å²) >= 11 is 0. The highest BCUT2D eigenvalue weighted by Gasteiger charge is 2.11. The van der Waals surface area contributed by atoms with Crippen molar-refractivity contribution in [2.24, 2.45) is 5.92 Å². The lowest BCUT2D eigenvalue weighted by molar-refractivity contribution is -0.124. The molecule has 0 aliphatic heterocycles. The second kappa shape index (κ2) is 6.13. The molecule has 1 amide bonds. The Bertz CT molecular complexity index is 377. The van der Waals surface area contributed by atoms with Crippen LogP contribution in [0.5, 0.6) is 11.5 Å². The standard InChI is InChI=1S/C13H19NO3/c1-9(2)10(3)14-13(16)8-17-12-7-5-4-6-11(12)15/h4-7,9-10,15H,8H2,1-3H3,(H,14,16). The van der Waals surface area contributed by atoms with Gasteiger partial charge in [0.15, 0.2) is 18.1 Å². The molecule has 17 heavy (non-hydrogen) atoms. The molecule has 0 saturated carbocycles. The molecule has 0 radical (unpaired) electrons. The van der Waals surface area contributed by atoms with Gasteiger partial charge in [0.25, 0.3) is 5.91 Å². The first-order valence-electron chi connectivity index (χ1n) is 5.71. The normalized spacial score (nSPS) is 12.2. The van der Waals surface area contributed by atoms with Gasteiger partial charge in [-0.15, -0.1) is 0 Å². The zero-order chi connectivity index (χ0) is 12.8. The van der Waals surface area contributed by atoms with Crippen LogP contribution >= 0.6 is 0 Å². The number of benzene rings is 1. The van der Waals surface area contributed by atoms with Gasteiger partial charge in [-0.1, -0.05) is 26.0 Å². The molecule has 4 nitrogen and oxygen atoms in total. The summed E-state index contributed by atoms with van der Waals surface area (Å²) in [6, 6.07) is 6.68. The summed E-state index contributed by atoms with van der Waals surface area (Å²) in [5.74, 6) is 0.551. The molecule has 0 bridgehead atoms. The van der Waals surface area contributed by atoms with Crippen LogP contribution in [0.25, 0.3) is 0 Å². The van der Waals surface area contributed by atoms with Crippen molar-refractivity contribution in [3.05, 3.63) is 24.3 Å². The van der Waals surface area contributed by atoms with Crippen LogP contribution in [0.2, 0.25) is 0 Å². The van der Waals surface area contributed by atoms with Gasteiger partial charge in [0.2, 0.25) is 0 Å². The van der Waals surface area contributed by atoms with Gasteiger partial charge in [-0.2, -0.15) is 0 Å². The zero-order valence-electron chi connectivity index (χ0n) is 10.4. The molecule has 1 aromatic carbocycles. The second-order valence-electron chi connectivity index (χ2n) is 4.36. The summed E-state index contributed by atoms with van der Waals surface area (Å²) < 4.78 is 5.22. The smallest absolute Gasteiger partial charge is 0.258 e. The van der Waals surface area contributed by atoms with Gasteiger partial charge in [-0.3, -0.25) is 4.79 Å². The fourth-order valence-electron chi connectivity index (χ4n) is 1.18. The summed E-state index contributed by atoms with van der Waals surface area (Å²) in [6.07, 6.45) is 0. The minimum Gasteiger partial charge on any atom is -0.504 e. The third kappa shape index (κ3) is 4.34. The van der Waals surface area contributed by atoms with Crippen molar-refractivity contribution in [2.75, 3.05) is 6.61 Å². The van der Waals surface area contributed by atoms with Gasteiger partial charge in [0, 0.05) is 6.04 Å². The molecule has 0 heterocycles. The van der Waals surface area contributed by atoms with Crippen LogP contribution < -0.4 is 10.1 Å². The first kappa shape index (κ1) is 13.4. The van der Waals surface area contributed by atoms with Crippen LogP contribution in [0, 0.1) is 5.92 Å². The average Bonchev–Trinajstić information content (AvgIpc) is 2.27. The average molecular weight is 237 g/mol.